The SMILES string of the molecule is CC(O)C(C)c1ccc(Cc2ccc(C(C)C(C)O)cc2)cc1. The second-order valence-electron chi connectivity index (χ2n) is 6.72. The maximum atomic E-state index is 9.67. The highest BCUT2D eigenvalue weighted by molar-refractivity contribution is 5.32. The summed E-state index contributed by atoms with van der Waals surface area (Å²) in [6.45, 7) is 7.74. The molecule has 0 saturated carbocycles. The first kappa shape index (κ1) is 17.7. The van der Waals surface area contributed by atoms with Gasteiger partial charge in [0, 0.05) is 11.8 Å². The van der Waals surface area contributed by atoms with Crippen molar-refractivity contribution in [2.24, 2.45) is 0 Å². The second-order valence-corrected chi connectivity index (χ2v) is 6.72. The Morgan fingerprint density at radius 3 is 1.17 bits per heavy atom. The lowest BCUT2D eigenvalue weighted by Gasteiger charge is -2.16. The summed E-state index contributed by atoms with van der Waals surface area (Å²) < 4.78 is 0. The van der Waals surface area contributed by atoms with Crippen LogP contribution in [0.25, 0.3) is 0 Å². The van der Waals surface area contributed by atoms with Crippen LogP contribution >= 0.6 is 0 Å². The van der Waals surface area contributed by atoms with Gasteiger partial charge in [-0.2, -0.15) is 0 Å². The lowest BCUT2D eigenvalue weighted by Crippen LogP contribution is -2.11. The lowest BCUT2D eigenvalue weighted by atomic mass is 9.93. The Hall–Kier alpha value is -1.64. The van der Waals surface area contributed by atoms with Crippen molar-refractivity contribution in [3.05, 3.63) is 70.8 Å². The van der Waals surface area contributed by atoms with E-state index in [4.69, 9.17) is 0 Å². The zero-order valence-corrected chi connectivity index (χ0v) is 14.5. The Labute approximate surface area is 139 Å². The van der Waals surface area contributed by atoms with E-state index in [1.165, 1.54) is 22.3 Å². The molecule has 0 amide bonds. The van der Waals surface area contributed by atoms with E-state index in [-0.39, 0.29) is 24.0 Å². The molecular formula is C21H28O2. The van der Waals surface area contributed by atoms with Crippen molar-refractivity contribution in [1.29, 1.82) is 0 Å². The molecule has 0 bridgehead atoms. The van der Waals surface area contributed by atoms with Crippen molar-refractivity contribution >= 4 is 0 Å². The van der Waals surface area contributed by atoms with Gasteiger partial charge in [-0.25, -0.2) is 0 Å². The van der Waals surface area contributed by atoms with E-state index in [1.54, 1.807) is 0 Å². The number of aliphatic hydroxyl groups excluding tert-OH is 2. The predicted molar refractivity (Wildman–Crippen MR) is 95.9 cm³/mol. The molecule has 2 rings (SSSR count). The standard InChI is InChI=1S/C21H28O2/c1-14(16(3)22)20-9-5-18(6-10-20)13-19-7-11-21(12-8-19)15(2)17(4)23/h5-12,14-17,22-23H,13H2,1-4H3. The van der Waals surface area contributed by atoms with Crippen LogP contribution in [0.4, 0.5) is 0 Å². The van der Waals surface area contributed by atoms with E-state index in [9.17, 15) is 10.2 Å². The summed E-state index contributed by atoms with van der Waals surface area (Å²) in [5.74, 6) is 0.315. The molecule has 0 aliphatic rings. The number of hydrogen-bond donors (Lipinski definition) is 2. The van der Waals surface area contributed by atoms with Crippen LogP contribution in [0.2, 0.25) is 0 Å². The Kier molecular flexibility index (Phi) is 5.97. The summed E-state index contributed by atoms with van der Waals surface area (Å²) in [5, 5.41) is 19.3. The molecule has 2 aromatic rings. The highest BCUT2D eigenvalue weighted by Gasteiger charge is 2.12. The van der Waals surface area contributed by atoms with Gasteiger partial charge in [-0.3, -0.25) is 0 Å². The zero-order chi connectivity index (χ0) is 17.0. The smallest absolute Gasteiger partial charge is 0.0577 e. The average molecular weight is 312 g/mol. The van der Waals surface area contributed by atoms with Crippen LogP contribution in [0.3, 0.4) is 0 Å². The van der Waals surface area contributed by atoms with Crippen LogP contribution in [0.15, 0.2) is 48.5 Å². The molecule has 2 heteroatoms. The Bertz CT molecular complexity index is 541. The van der Waals surface area contributed by atoms with E-state index in [1.807, 2.05) is 27.7 Å². The van der Waals surface area contributed by atoms with Gasteiger partial charge in [0.15, 0.2) is 0 Å². The Morgan fingerprint density at radius 2 is 0.913 bits per heavy atom. The fourth-order valence-corrected chi connectivity index (χ4v) is 2.67. The third-order valence-electron chi connectivity index (χ3n) is 4.87. The van der Waals surface area contributed by atoms with Gasteiger partial charge in [-0.15, -0.1) is 0 Å². The molecule has 2 aromatic carbocycles. The highest BCUT2D eigenvalue weighted by Crippen LogP contribution is 2.22. The van der Waals surface area contributed by atoms with Crippen LogP contribution in [0, 0.1) is 0 Å². The summed E-state index contributed by atoms with van der Waals surface area (Å²) in [4.78, 5) is 0. The summed E-state index contributed by atoms with van der Waals surface area (Å²) >= 11 is 0. The number of benzene rings is 2. The molecule has 0 heterocycles. The van der Waals surface area contributed by atoms with Crippen molar-refractivity contribution in [3.63, 3.8) is 0 Å². The van der Waals surface area contributed by atoms with Gasteiger partial charge >= 0.3 is 0 Å². The van der Waals surface area contributed by atoms with Crippen molar-refractivity contribution in [2.75, 3.05) is 0 Å². The molecule has 124 valence electrons. The Morgan fingerprint density at radius 1 is 0.609 bits per heavy atom. The van der Waals surface area contributed by atoms with Gasteiger partial charge in [-0.1, -0.05) is 62.4 Å². The zero-order valence-electron chi connectivity index (χ0n) is 14.5. The largest absolute Gasteiger partial charge is 0.393 e. The van der Waals surface area contributed by atoms with E-state index < -0.39 is 0 Å². The molecule has 0 spiro atoms. The third kappa shape index (κ3) is 4.66. The minimum atomic E-state index is -0.329. The van der Waals surface area contributed by atoms with Crippen molar-refractivity contribution < 1.29 is 10.2 Å². The molecule has 0 aliphatic heterocycles. The fourth-order valence-electron chi connectivity index (χ4n) is 2.67. The normalized spacial score (nSPS) is 16.6. The van der Waals surface area contributed by atoms with Gasteiger partial charge in [0.2, 0.25) is 0 Å². The molecule has 23 heavy (non-hydrogen) atoms. The topological polar surface area (TPSA) is 40.5 Å². The maximum Gasteiger partial charge on any atom is 0.0577 e. The Balaban J connectivity index is 2.05. The minimum Gasteiger partial charge on any atom is -0.393 e. The van der Waals surface area contributed by atoms with Gasteiger partial charge < -0.3 is 10.2 Å². The molecular weight excluding hydrogens is 284 g/mol. The molecule has 0 fully saturated rings. The summed E-state index contributed by atoms with van der Waals surface area (Å²) in [5.41, 5.74) is 4.88. The van der Waals surface area contributed by atoms with Gasteiger partial charge in [0.1, 0.15) is 0 Å². The number of aliphatic hydroxyl groups is 2. The van der Waals surface area contributed by atoms with Crippen LogP contribution in [0.5, 0.6) is 0 Å². The first-order valence-electron chi connectivity index (χ1n) is 8.42. The van der Waals surface area contributed by atoms with Crippen LogP contribution in [-0.4, -0.2) is 22.4 Å². The predicted octanol–water partition coefficient (Wildman–Crippen LogP) is 4.25. The van der Waals surface area contributed by atoms with Gasteiger partial charge in [-0.05, 0) is 42.5 Å². The number of hydrogen-bond acceptors (Lipinski definition) is 2. The molecule has 4 unspecified atom stereocenters. The molecule has 2 nitrogen and oxygen atoms in total. The van der Waals surface area contributed by atoms with E-state index in [0.29, 0.717) is 0 Å². The van der Waals surface area contributed by atoms with E-state index >= 15 is 0 Å². The van der Waals surface area contributed by atoms with E-state index in [0.717, 1.165) is 6.42 Å². The first-order valence-corrected chi connectivity index (χ1v) is 8.42. The maximum absolute atomic E-state index is 9.67. The molecule has 0 aromatic heterocycles. The first-order chi connectivity index (χ1) is 10.9. The lowest BCUT2D eigenvalue weighted by molar-refractivity contribution is 0.168. The monoisotopic (exact) mass is 312 g/mol. The molecule has 0 saturated heterocycles. The van der Waals surface area contributed by atoms with Gasteiger partial charge in [0.05, 0.1) is 12.2 Å². The minimum absolute atomic E-state index is 0.158. The molecule has 0 radical (unpaired) electrons. The van der Waals surface area contributed by atoms with Crippen LogP contribution < -0.4 is 0 Å². The number of rotatable bonds is 6. The molecule has 4 atom stereocenters. The quantitative estimate of drug-likeness (QED) is 0.837. The summed E-state index contributed by atoms with van der Waals surface area (Å²) in [7, 11) is 0. The van der Waals surface area contributed by atoms with Crippen molar-refractivity contribution in [3.8, 4) is 0 Å². The second kappa shape index (κ2) is 7.76. The van der Waals surface area contributed by atoms with Gasteiger partial charge in [0.25, 0.3) is 0 Å². The van der Waals surface area contributed by atoms with Crippen molar-refractivity contribution in [1.82, 2.24) is 0 Å². The third-order valence-corrected chi connectivity index (χ3v) is 4.87. The highest BCUT2D eigenvalue weighted by atomic mass is 16.3. The van der Waals surface area contributed by atoms with Crippen LogP contribution in [-0.2, 0) is 6.42 Å². The van der Waals surface area contributed by atoms with Crippen LogP contribution in [0.1, 0.15) is 61.8 Å². The average Bonchev–Trinajstić information content (AvgIpc) is 2.54. The van der Waals surface area contributed by atoms with Crippen molar-refractivity contribution in [2.45, 2.75) is 58.2 Å². The van der Waals surface area contributed by atoms with E-state index in [2.05, 4.69) is 48.5 Å². The summed E-state index contributed by atoms with van der Waals surface area (Å²) in [6, 6.07) is 17.0. The fraction of sp³-hybridized carbons (Fsp3) is 0.429. The summed E-state index contributed by atoms with van der Waals surface area (Å²) in [6.07, 6.45) is 0.237. The molecule has 0 aliphatic carbocycles. The molecule has 2 N–H and O–H groups in total.